The van der Waals surface area contributed by atoms with Gasteiger partial charge in [0, 0.05) is 4.91 Å². The van der Waals surface area contributed by atoms with E-state index in [0.29, 0.717) is 0 Å². The number of azide groups is 1. The molecule has 0 bridgehead atoms. The summed E-state index contributed by atoms with van der Waals surface area (Å²) in [6.07, 6.45) is -4.49. The molecule has 3 atom stereocenters. The predicted molar refractivity (Wildman–Crippen MR) is 39.2 cm³/mol. The molecular formula is C5H9N3O5. The van der Waals surface area contributed by atoms with Crippen LogP contribution < -0.4 is 0 Å². The Hall–Kier alpha value is -1.34. The van der Waals surface area contributed by atoms with E-state index in [4.69, 9.17) is 20.9 Å². The highest BCUT2D eigenvalue weighted by Crippen LogP contribution is 2.02. The van der Waals surface area contributed by atoms with E-state index in [1.807, 2.05) is 0 Å². The molecule has 74 valence electrons. The van der Waals surface area contributed by atoms with Gasteiger partial charge in [-0.3, -0.25) is 4.79 Å². The molecule has 0 aromatic carbocycles. The van der Waals surface area contributed by atoms with Crippen molar-refractivity contribution in [2.75, 3.05) is 6.61 Å². The van der Waals surface area contributed by atoms with Gasteiger partial charge >= 0.3 is 0 Å². The van der Waals surface area contributed by atoms with Crippen LogP contribution in [-0.2, 0) is 9.63 Å². The van der Waals surface area contributed by atoms with Gasteiger partial charge in [0.15, 0.2) is 12.4 Å². The van der Waals surface area contributed by atoms with Crippen molar-refractivity contribution in [1.29, 1.82) is 0 Å². The van der Waals surface area contributed by atoms with Gasteiger partial charge in [0.1, 0.15) is 17.5 Å². The van der Waals surface area contributed by atoms with Crippen LogP contribution >= 0.6 is 0 Å². The van der Waals surface area contributed by atoms with E-state index in [0.717, 1.165) is 0 Å². The second-order valence-electron chi connectivity index (χ2n) is 2.12. The van der Waals surface area contributed by atoms with Crippen LogP contribution in [0.5, 0.6) is 0 Å². The smallest absolute Gasteiger partial charge is 0.191 e. The lowest BCUT2D eigenvalue weighted by atomic mass is 10.1. The SMILES string of the molecule is [N-]=[N+]=NO[C@@H](C=O)[C@H](O)[C@H](O)CO. The molecule has 3 N–H and O–H groups in total. The van der Waals surface area contributed by atoms with Gasteiger partial charge in [-0.05, 0) is 5.53 Å². The molecule has 0 aliphatic carbocycles. The average Bonchev–Trinajstić information content (AvgIpc) is 2.17. The molecule has 13 heavy (non-hydrogen) atoms. The molecule has 0 heterocycles. The molecule has 0 aliphatic heterocycles. The van der Waals surface area contributed by atoms with E-state index in [1.165, 1.54) is 0 Å². The molecule has 0 fully saturated rings. The summed E-state index contributed by atoms with van der Waals surface area (Å²) in [5, 5.41) is 28.9. The van der Waals surface area contributed by atoms with Gasteiger partial charge in [-0.25, -0.2) is 0 Å². The lowest BCUT2D eigenvalue weighted by molar-refractivity contribution is -0.136. The van der Waals surface area contributed by atoms with Crippen molar-refractivity contribution in [2.45, 2.75) is 18.3 Å². The third kappa shape index (κ3) is 3.72. The minimum absolute atomic E-state index is 0.151. The Labute approximate surface area is 72.9 Å². The Balaban J connectivity index is 4.20. The van der Waals surface area contributed by atoms with Crippen LogP contribution in [0.1, 0.15) is 0 Å². The number of hydrogen-bond donors (Lipinski definition) is 3. The number of aliphatic hydroxyl groups is 3. The van der Waals surface area contributed by atoms with Crippen LogP contribution in [0, 0.1) is 0 Å². The molecule has 0 radical (unpaired) electrons. The fraction of sp³-hybridized carbons (Fsp3) is 0.800. The number of aliphatic hydroxyl groups excluding tert-OH is 3. The van der Waals surface area contributed by atoms with Crippen molar-refractivity contribution in [3.8, 4) is 0 Å². The Morgan fingerprint density at radius 2 is 2.23 bits per heavy atom. The predicted octanol–water partition coefficient (Wildman–Crippen LogP) is -1.49. The number of hydrogen-bond acceptors (Lipinski definition) is 6. The van der Waals surface area contributed by atoms with E-state index in [-0.39, 0.29) is 6.29 Å². The molecule has 0 aromatic heterocycles. The van der Waals surface area contributed by atoms with E-state index in [2.05, 4.69) is 15.0 Å². The van der Waals surface area contributed by atoms with Gasteiger partial charge in [-0.1, -0.05) is 0 Å². The van der Waals surface area contributed by atoms with E-state index >= 15 is 0 Å². The summed E-state index contributed by atoms with van der Waals surface area (Å²) in [5.41, 5.74) is 7.81. The first-order valence-electron chi connectivity index (χ1n) is 3.29. The minimum atomic E-state index is -1.63. The summed E-state index contributed by atoms with van der Waals surface area (Å²) in [4.78, 5) is 16.5. The molecular weight excluding hydrogens is 182 g/mol. The normalized spacial score (nSPS) is 16.5. The first kappa shape index (κ1) is 11.7. The van der Waals surface area contributed by atoms with Gasteiger partial charge in [0.25, 0.3) is 0 Å². The van der Waals surface area contributed by atoms with Gasteiger partial charge in [0.05, 0.1) is 6.61 Å². The first-order chi connectivity index (χ1) is 6.17. The third-order valence-electron chi connectivity index (χ3n) is 1.26. The Bertz CT molecular complexity index is 204. The standard InChI is InChI=1S/C5H9N3O5/c6-7-8-13-4(2-10)5(12)3(11)1-9/h2-5,9,11-12H,1H2/t3-,4+,5-/m1/s1. The fourth-order valence-corrected chi connectivity index (χ4v) is 0.570. The number of carbonyl (C=O) groups excluding carboxylic acids is 1. The average molecular weight is 191 g/mol. The minimum Gasteiger partial charge on any atom is -0.420 e. The van der Waals surface area contributed by atoms with Gasteiger partial charge in [-0.15, -0.1) is 0 Å². The molecule has 0 aliphatic rings. The molecule has 0 aromatic rings. The van der Waals surface area contributed by atoms with E-state index in [1.54, 1.807) is 0 Å². The molecule has 0 amide bonds. The van der Waals surface area contributed by atoms with Crippen molar-refractivity contribution >= 4 is 6.29 Å². The van der Waals surface area contributed by atoms with Gasteiger partial charge < -0.3 is 20.2 Å². The maximum absolute atomic E-state index is 10.2. The molecule has 0 saturated carbocycles. The largest absolute Gasteiger partial charge is 0.420 e. The Morgan fingerprint density at radius 1 is 1.62 bits per heavy atom. The monoisotopic (exact) mass is 191 g/mol. The van der Waals surface area contributed by atoms with Gasteiger partial charge in [0.2, 0.25) is 0 Å². The molecule has 0 spiro atoms. The molecule has 0 unspecified atom stereocenters. The zero-order valence-corrected chi connectivity index (χ0v) is 6.52. The first-order valence-corrected chi connectivity index (χ1v) is 3.29. The van der Waals surface area contributed by atoms with Crippen LogP contribution in [-0.4, -0.2) is 46.5 Å². The summed E-state index contributed by atoms with van der Waals surface area (Å²) in [6, 6.07) is 0. The number of carbonyl (C=O) groups is 1. The second kappa shape index (κ2) is 6.21. The van der Waals surface area contributed by atoms with Gasteiger partial charge in [-0.2, -0.15) is 0 Å². The zero-order chi connectivity index (χ0) is 10.3. The van der Waals surface area contributed by atoms with Crippen molar-refractivity contribution < 1.29 is 25.0 Å². The maximum Gasteiger partial charge on any atom is 0.191 e. The maximum atomic E-state index is 10.2. The van der Waals surface area contributed by atoms with Crippen LogP contribution in [0.15, 0.2) is 5.28 Å². The van der Waals surface area contributed by atoms with Crippen molar-refractivity contribution in [3.63, 3.8) is 0 Å². The van der Waals surface area contributed by atoms with Crippen LogP contribution in [0.2, 0.25) is 0 Å². The summed E-state index contributed by atoms with van der Waals surface area (Å²) in [5.74, 6) is 0. The third-order valence-corrected chi connectivity index (χ3v) is 1.26. The second-order valence-corrected chi connectivity index (χ2v) is 2.12. The number of rotatable bonds is 6. The van der Waals surface area contributed by atoms with E-state index in [9.17, 15) is 4.79 Å². The van der Waals surface area contributed by atoms with Crippen LogP contribution in [0.4, 0.5) is 0 Å². The highest BCUT2D eigenvalue weighted by molar-refractivity contribution is 5.57. The Kier molecular flexibility index (Phi) is 5.57. The molecule has 8 heteroatoms. The lowest BCUT2D eigenvalue weighted by Crippen LogP contribution is -2.41. The summed E-state index contributed by atoms with van der Waals surface area (Å²) in [7, 11) is 0. The van der Waals surface area contributed by atoms with Crippen LogP contribution in [0.25, 0.3) is 10.4 Å². The molecule has 0 rings (SSSR count). The molecule has 0 saturated heterocycles. The molecule has 8 nitrogen and oxygen atoms in total. The zero-order valence-electron chi connectivity index (χ0n) is 6.52. The number of aldehydes is 1. The summed E-state index contributed by atoms with van der Waals surface area (Å²) >= 11 is 0. The number of nitrogens with zero attached hydrogens (tertiary/aromatic N) is 3. The summed E-state index contributed by atoms with van der Waals surface area (Å²) < 4.78 is 0. The van der Waals surface area contributed by atoms with Crippen molar-refractivity contribution in [3.05, 3.63) is 10.4 Å². The van der Waals surface area contributed by atoms with Crippen molar-refractivity contribution in [2.24, 2.45) is 5.28 Å². The highest BCUT2D eigenvalue weighted by Gasteiger charge is 2.26. The van der Waals surface area contributed by atoms with E-state index < -0.39 is 24.9 Å². The lowest BCUT2D eigenvalue weighted by Gasteiger charge is -2.19. The van der Waals surface area contributed by atoms with Crippen molar-refractivity contribution in [1.82, 2.24) is 0 Å². The highest BCUT2D eigenvalue weighted by atomic mass is 16.7. The van der Waals surface area contributed by atoms with Crippen LogP contribution in [0.3, 0.4) is 0 Å². The fourth-order valence-electron chi connectivity index (χ4n) is 0.570. The topological polar surface area (TPSA) is 136 Å². The Morgan fingerprint density at radius 3 is 2.62 bits per heavy atom. The summed E-state index contributed by atoms with van der Waals surface area (Å²) in [6.45, 7) is -0.731. The quantitative estimate of drug-likeness (QED) is 0.154.